The molecular formula is C21H17N5O3. The van der Waals surface area contributed by atoms with E-state index in [9.17, 15) is 4.79 Å². The highest BCUT2D eigenvalue weighted by Gasteiger charge is 2.14. The SMILES string of the molecule is Cc1cc(C(=O)Nc2cccc(C#N)c2)nc(NCc2ccc3c(c2)OCO3)n1. The standard InChI is InChI=1S/C21H17N5O3/c1-13-7-17(20(27)25-16-4-2-3-14(8-16)10-22)26-21(24-13)23-11-15-5-6-18-19(9-15)29-12-28-18/h2-9H,11-12H2,1H3,(H,25,27)(H,23,24,26). The van der Waals surface area contributed by atoms with Crippen molar-refractivity contribution >= 4 is 17.5 Å². The third-order valence-corrected chi connectivity index (χ3v) is 4.22. The predicted octanol–water partition coefficient (Wildman–Crippen LogP) is 3.25. The molecular weight excluding hydrogens is 370 g/mol. The first kappa shape index (κ1) is 18.3. The van der Waals surface area contributed by atoms with Crippen LogP contribution in [-0.2, 0) is 6.54 Å². The lowest BCUT2D eigenvalue weighted by Gasteiger charge is -2.09. The number of amides is 1. The number of nitrogens with zero attached hydrogens (tertiary/aromatic N) is 3. The molecule has 3 aromatic rings. The zero-order valence-corrected chi connectivity index (χ0v) is 15.6. The van der Waals surface area contributed by atoms with Crippen LogP contribution in [0, 0.1) is 18.3 Å². The van der Waals surface area contributed by atoms with Crippen LogP contribution in [0.3, 0.4) is 0 Å². The molecule has 0 fully saturated rings. The Morgan fingerprint density at radius 3 is 2.86 bits per heavy atom. The lowest BCUT2D eigenvalue weighted by molar-refractivity contribution is 0.102. The molecule has 1 amide bonds. The summed E-state index contributed by atoms with van der Waals surface area (Å²) in [5.74, 6) is 1.39. The van der Waals surface area contributed by atoms with Crippen LogP contribution < -0.4 is 20.1 Å². The van der Waals surface area contributed by atoms with Crippen molar-refractivity contribution < 1.29 is 14.3 Å². The third kappa shape index (κ3) is 4.25. The van der Waals surface area contributed by atoms with Gasteiger partial charge in [-0.1, -0.05) is 12.1 Å². The van der Waals surface area contributed by atoms with Gasteiger partial charge in [-0.25, -0.2) is 9.97 Å². The van der Waals surface area contributed by atoms with E-state index in [1.807, 2.05) is 24.3 Å². The minimum atomic E-state index is -0.378. The summed E-state index contributed by atoms with van der Waals surface area (Å²) in [6, 6.07) is 16.0. The smallest absolute Gasteiger partial charge is 0.274 e. The summed E-state index contributed by atoms with van der Waals surface area (Å²) in [5.41, 5.74) is 2.85. The van der Waals surface area contributed by atoms with E-state index in [2.05, 4.69) is 20.6 Å². The molecule has 8 heteroatoms. The summed E-state index contributed by atoms with van der Waals surface area (Å²) in [4.78, 5) is 21.2. The molecule has 0 atom stereocenters. The highest BCUT2D eigenvalue weighted by atomic mass is 16.7. The van der Waals surface area contributed by atoms with Gasteiger partial charge in [-0.15, -0.1) is 0 Å². The summed E-state index contributed by atoms with van der Waals surface area (Å²) in [6.07, 6.45) is 0. The van der Waals surface area contributed by atoms with Crippen LogP contribution in [0.2, 0.25) is 0 Å². The molecule has 0 saturated carbocycles. The maximum Gasteiger partial charge on any atom is 0.274 e. The van der Waals surface area contributed by atoms with Gasteiger partial charge in [0, 0.05) is 17.9 Å². The summed E-state index contributed by atoms with van der Waals surface area (Å²) in [5, 5.41) is 14.9. The monoisotopic (exact) mass is 387 g/mol. The minimum Gasteiger partial charge on any atom is -0.454 e. The average molecular weight is 387 g/mol. The summed E-state index contributed by atoms with van der Waals surface area (Å²) >= 11 is 0. The Bertz CT molecular complexity index is 1120. The molecule has 29 heavy (non-hydrogen) atoms. The highest BCUT2D eigenvalue weighted by Crippen LogP contribution is 2.32. The quantitative estimate of drug-likeness (QED) is 0.691. The van der Waals surface area contributed by atoms with Crippen molar-refractivity contribution in [3.8, 4) is 17.6 Å². The molecule has 2 heterocycles. The zero-order chi connectivity index (χ0) is 20.2. The van der Waals surface area contributed by atoms with Crippen LogP contribution >= 0.6 is 0 Å². The van der Waals surface area contributed by atoms with Gasteiger partial charge in [0.2, 0.25) is 12.7 Å². The molecule has 2 N–H and O–H groups in total. The summed E-state index contributed by atoms with van der Waals surface area (Å²) in [6.45, 7) is 2.48. The van der Waals surface area contributed by atoms with E-state index in [4.69, 9.17) is 14.7 Å². The maximum absolute atomic E-state index is 12.6. The van der Waals surface area contributed by atoms with Gasteiger partial charge >= 0.3 is 0 Å². The number of hydrogen-bond acceptors (Lipinski definition) is 7. The van der Waals surface area contributed by atoms with Gasteiger partial charge in [-0.2, -0.15) is 5.26 Å². The van der Waals surface area contributed by atoms with Crippen molar-refractivity contribution in [1.82, 2.24) is 9.97 Å². The second-order valence-electron chi connectivity index (χ2n) is 6.41. The number of carbonyl (C=O) groups is 1. The second kappa shape index (κ2) is 7.86. The van der Waals surface area contributed by atoms with Gasteiger partial charge in [-0.05, 0) is 48.9 Å². The van der Waals surface area contributed by atoms with Crippen LogP contribution in [0.25, 0.3) is 0 Å². The fourth-order valence-electron chi connectivity index (χ4n) is 2.86. The van der Waals surface area contributed by atoms with Crippen molar-refractivity contribution in [1.29, 1.82) is 5.26 Å². The molecule has 0 saturated heterocycles. The first-order chi connectivity index (χ1) is 14.1. The van der Waals surface area contributed by atoms with Crippen LogP contribution in [-0.4, -0.2) is 22.7 Å². The van der Waals surface area contributed by atoms with Gasteiger partial charge in [-0.3, -0.25) is 4.79 Å². The number of carbonyl (C=O) groups excluding carboxylic acids is 1. The topological polar surface area (TPSA) is 109 Å². The average Bonchev–Trinajstić information content (AvgIpc) is 3.20. The van der Waals surface area contributed by atoms with E-state index in [-0.39, 0.29) is 18.4 Å². The number of rotatable bonds is 5. The molecule has 4 rings (SSSR count). The molecule has 0 aliphatic carbocycles. The number of nitrogens with one attached hydrogen (secondary N) is 2. The largest absolute Gasteiger partial charge is 0.454 e. The zero-order valence-electron chi connectivity index (χ0n) is 15.6. The van der Waals surface area contributed by atoms with E-state index < -0.39 is 0 Å². The molecule has 144 valence electrons. The first-order valence-corrected chi connectivity index (χ1v) is 8.90. The Kier molecular flexibility index (Phi) is 4.95. The number of ether oxygens (including phenoxy) is 2. The third-order valence-electron chi connectivity index (χ3n) is 4.22. The predicted molar refractivity (Wildman–Crippen MR) is 106 cm³/mol. The molecule has 0 spiro atoms. The molecule has 0 bridgehead atoms. The lowest BCUT2D eigenvalue weighted by Crippen LogP contribution is -2.16. The molecule has 2 aromatic carbocycles. The molecule has 0 radical (unpaired) electrons. The van der Waals surface area contributed by atoms with Gasteiger partial charge in [0.25, 0.3) is 5.91 Å². The molecule has 1 aliphatic rings. The van der Waals surface area contributed by atoms with Gasteiger partial charge < -0.3 is 20.1 Å². The lowest BCUT2D eigenvalue weighted by atomic mass is 10.2. The second-order valence-corrected chi connectivity index (χ2v) is 6.41. The number of nitriles is 1. The number of benzene rings is 2. The van der Waals surface area contributed by atoms with E-state index in [1.165, 1.54) is 0 Å². The van der Waals surface area contributed by atoms with Crippen LogP contribution in [0.1, 0.15) is 27.3 Å². The number of fused-ring (bicyclic) bond motifs is 1. The van der Waals surface area contributed by atoms with Crippen LogP contribution in [0.4, 0.5) is 11.6 Å². The Hall–Kier alpha value is -4.12. The maximum atomic E-state index is 12.6. The Balaban J connectivity index is 1.47. The molecule has 1 aliphatic heterocycles. The highest BCUT2D eigenvalue weighted by molar-refractivity contribution is 6.03. The molecule has 8 nitrogen and oxygen atoms in total. The van der Waals surface area contributed by atoms with Crippen LogP contribution in [0.5, 0.6) is 11.5 Å². The fourth-order valence-corrected chi connectivity index (χ4v) is 2.86. The summed E-state index contributed by atoms with van der Waals surface area (Å²) < 4.78 is 10.7. The van der Waals surface area contributed by atoms with Crippen molar-refractivity contribution in [2.75, 3.05) is 17.4 Å². The van der Waals surface area contributed by atoms with Crippen molar-refractivity contribution in [2.45, 2.75) is 13.5 Å². The van der Waals surface area contributed by atoms with E-state index in [1.54, 1.807) is 37.3 Å². The number of aryl methyl sites for hydroxylation is 1. The van der Waals surface area contributed by atoms with Crippen molar-refractivity contribution in [3.63, 3.8) is 0 Å². The summed E-state index contributed by atoms with van der Waals surface area (Å²) in [7, 11) is 0. The number of hydrogen-bond donors (Lipinski definition) is 2. The van der Waals surface area contributed by atoms with Gasteiger partial charge in [0.1, 0.15) is 5.69 Å². The Morgan fingerprint density at radius 1 is 1.14 bits per heavy atom. The van der Waals surface area contributed by atoms with E-state index >= 15 is 0 Å². The van der Waals surface area contributed by atoms with Crippen LogP contribution in [0.15, 0.2) is 48.5 Å². The van der Waals surface area contributed by atoms with E-state index in [0.717, 1.165) is 11.3 Å². The van der Waals surface area contributed by atoms with Crippen molar-refractivity contribution in [2.24, 2.45) is 0 Å². The Morgan fingerprint density at radius 2 is 2.00 bits per heavy atom. The number of anilines is 2. The van der Waals surface area contributed by atoms with Gasteiger partial charge in [0.15, 0.2) is 11.5 Å². The molecule has 0 unspecified atom stereocenters. The fraction of sp³-hybridized carbons (Fsp3) is 0.143. The van der Waals surface area contributed by atoms with E-state index in [0.29, 0.717) is 35.2 Å². The normalized spacial score (nSPS) is 11.6. The van der Waals surface area contributed by atoms with Crippen molar-refractivity contribution in [3.05, 3.63) is 71.0 Å². The number of aromatic nitrogens is 2. The molecule has 1 aromatic heterocycles. The first-order valence-electron chi connectivity index (χ1n) is 8.90. The minimum absolute atomic E-state index is 0.225. The Labute approximate surface area is 167 Å². The van der Waals surface area contributed by atoms with Gasteiger partial charge in [0.05, 0.1) is 11.6 Å².